The number of nitrogens with one attached hydrogen (secondary N) is 2. The molecule has 2 rings (SSSR count). The molecular weight excluding hydrogens is 387 g/mol. The van der Waals surface area contributed by atoms with E-state index in [2.05, 4.69) is 26.6 Å². The van der Waals surface area contributed by atoms with Crippen LogP contribution in [0.15, 0.2) is 40.9 Å². The molecule has 2 aromatic rings. The Morgan fingerprint density at radius 2 is 1.91 bits per heavy atom. The van der Waals surface area contributed by atoms with Gasteiger partial charge in [-0.25, -0.2) is 4.79 Å². The minimum Gasteiger partial charge on any atom is -0.338 e. The van der Waals surface area contributed by atoms with E-state index in [0.29, 0.717) is 23.0 Å². The lowest BCUT2D eigenvalue weighted by Crippen LogP contribution is -2.30. The standard InChI is InChI=1S/C16H15BrCl2N2O/c1-10-8-12(17)3-5-15(10)21-16(22)20-7-6-11-2-4-13(18)14(19)9-11/h2-5,8-9H,6-7H2,1H3,(H2,20,21,22). The molecule has 6 heteroatoms. The normalized spacial score (nSPS) is 10.4. The number of hydrogen-bond acceptors (Lipinski definition) is 1. The Morgan fingerprint density at radius 1 is 1.14 bits per heavy atom. The molecule has 2 aromatic carbocycles. The van der Waals surface area contributed by atoms with Gasteiger partial charge in [0, 0.05) is 16.7 Å². The summed E-state index contributed by atoms with van der Waals surface area (Å²) in [5.74, 6) is 0. The maximum absolute atomic E-state index is 11.9. The van der Waals surface area contributed by atoms with E-state index in [1.165, 1.54) is 0 Å². The lowest BCUT2D eigenvalue weighted by atomic mass is 10.1. The van der Waals surface area contributed by atoms with Crippen molar-refractivity contribution in [1.29, 1.82) is 0 Å². The van der Waals surface area contributed by atoms with Crippen molar-refractivity contribution < 1.29 is 4.79 Å². The van der Waals surface area contributed by atoms with Crippen LogP contribution in [0.4, 0.5) is 10.5 Å². The third kappa shape index (κ3) is 4.90. The Hall–Kier alpha value is -1.23. The second-order valence-electron chi connectivity index (χ2n) is 4.84. The number of amides is 2. The van der Waals surface area contributed by atoms with Gasteiger partial charge in [0.05, 0.1) is 10.0 Å². The van der Waals surface area contributed by atoms with Gasteiger partial charge in [0.25, 0.3) is 0 Å². The Balaban J connectivity index is 1.83. The van der Waals surface area contributed by atoms with Crippen LogP contribution in [-0.2, 0) is 6.42 Å². The molecule has 0 saturated heterocycles. The average molecular weight is 402 g/mol. The zero-order valence-electron chi connectivity index (χ0n) is 11.9. The number of rotatable bonds is 4. The van der Waals surface area contributed by atoms with Crippen LogP contribution in [0.3, 0.4) is 0 Å². The summed E-state index contributed by atoms with van der Waals surface area (Å²) in [6.07, 6.45) is 0.684. The summed E-state index contributed by atoms with van der Waals surface area (Å²) in [6, 6.07) is 10.9. The Kier molecular flexibility index (Phi) is 6.12. The SMILES string of the molecule is Cc1cc(Br)ccc1NC(=O)NCCc1ccc(Cl)c(Cl)c1. The second kappa shape index (κ2) is 7.86. The first-order valence-corrected chi connectivity index (χ1v) is 8.25. The monoisotopic (exact) mass is 400 g/mol. The lowest BCUT2D eigenvalue weighted by Gasteiger charge is -2.10. The smallest absolute Gasteiger partial charge is 0.319 e. The van der Waals surface area contributed by atoms with Gasteiger partial charge in [-0.2, -0.15) is 0 Å². The minimum atomic E-state index is -0.231. The maximum atomic E-state index is 11.9. The van der Waals surface area contributed by atoms with Gasteiger partial charge in [0.2, 0.25) is 0 Å². The van der Waals surface area contributed by atoms with Crippen molar-refractivity contribution in [2.45, 2.75) is 13.3 Å². The predicted octanol–water partition coefficient (Wildman–Crippen LogP) is 5.43. The van der Waals surface area contributed by atoms with Crippen LogP contribution in [-0.4, -0.2) is 12.6 Å². The van der Waals surface area contributed by atoms with Crippen LogP contribution in [0.5, 0.6) is 0 Å². The highest BCUT2D eigenvalue weighted by Crippen LogP contribution is 2.22. The summed E-state index contributed by atoms with van der Waals surface area (Å²) in [5.41, 5.74) is 2.80. The Morgan fingerprint density at radius 3 is 2.59 bits per heavy atom. The van der Waals surface area contributed by atoms with E-state index in [0.717, 1.165) is 21.3 Å². The third-order valence-electron chi connectivity index (χ3n) is 3.12. The number of hydrogen-bond donors (Lipinski definition) is 2. The number of aryl methyl sites for hydroxylation is 1. The van der Waals surface area contributed by atoms with Gasteiger partial charge in [-0.15, -0.1) is 0 Å². The zero-order chi connectivity index (χ0) is 16.1. The molecule has 0 aliphatic heterocycles. The van der Waals surface area contributed by atoms with Crippen molar-refractivity contribution in [3.8, 4) is 0 Å². The van der Waals surface area contributed by atoms with Gasteiger partial charge in [-0.1, -0.05) is 45.2 Å². The van der Waals surface area contributed by atoms with Gasteiger partial charge >= 0.3 is 6.03 Å². The highest BCUT2D eigenvalue weighted by atomic mass is 79.9. The first kappa shape index (κ1) is 17.1. The van der Waals surface area contributed by atoms with E-state index in [1.807, 2.05) is 37.3 Å². The fraction of sp³-hybridized carbons (Fsp3) is 0.188. The minimum absolute atomic E-state index is 0.231. The molecular formula is C16H15BrCl2N2O. The summed E-state index contributed by atoms with van der Waals surface area (Å²) in [6.45, 7) is 2.45. The van der Waals surface area contributed by atoms with Crippen molar-refractivity contribution in [2.24, 2.45) is 0 Å². The van der Waals surface area contributed by atoms with E-state index in [9.17, 15) is 4.79 Å². The van der Waals surface area contributed by atoms with Crippen LogP contribution in [0.2, 0.25) is 10.0 Å². The molecule has 0 heterocycles. The number of carbonyl (C=O) groups is 1. The number of anilines is 1. The molecule has 0 aliphatic rings. The number of benzene rings is 2. The molecule has 0 unspecified atom stereocenters. The molecule has 0 aromatic heterocycles. The first-order valence-electron chi connectivity index (χ1n) is 6.70. The van der Waals surface area contributed by atoms with E-state index in [4.69, 9.17) is 23.2 Å². The molecule has 22 heavy (non-hydrogen) atoms. The number of halogens is 3. The molecule has 3 nitrogen and oxygen atoms in total. The summed E-state index contributed by atoms with van der Waals surface area (Å²) in [4.78, 5) is 11.9. The molecule has 0 fully saturated rings. The van der Waals surface area contributed by atoms with E-state index < -0.39 is 0 Å². The summed E-state index contributed by atoms with van der Waals surface area (Å²) in [7, 11) is 0. The fourth-order valence-corrected chi connectivity index (χ4v) is 2.75. The highest BCUT2D eigenvalue weighted by molar-refractivity contribution is 9.10. The molecule has 2 N–H and O–H groups in total. The van der Waals surface area contributed by atoms with Crippen LogP contribution < -0.4 is 10.6 Å². The Labute approximate surface area is 148 Å². The van der Waals surface area contributed by atoms with E-state index in [1.54, 1.807) is 6.07 Å². The van der Waals surface area contributed by atoms with E-state index >= 15 is 0 Å². The largest absolute Gasteiger partial charge is 0.338 e. The number of carbonyl (C=O) groups excluding carboxylic acids is 1. The number of urea groups is 1. The first-order chi connectivity index (χ1) is 10.5. The van der Waals surface area contributed by atoms with Crippen molar-refractivity contribution in [2.75, 3.05) is 11.9 Å². The van der Waals surface area contributed by atoms with Gasteiger partial charge in [-0.3, -0.25) is 0 Å². The summed E-state index contributed by atoms with van der Waals surface area (Å²) in [5, 5.41) is 6.70. The van der Waals surface area contributed by atoms with Gasteiger partial charge < -0.3 is 10.6 Å². The lowest BCUT2D eigenvalue weighted by molar-refractivity contribution is 0.252. The quantitative estimate of drug-likeness (QED) is 0.704. The summed E-state index contributed by atoms with van der Waals surface area (Å²) < 4.78 is 0.982. The highest BCUT2D eigenvalue weighted by Gasteiger charge is 2.05. The van der Waals surface area contributed by atoms with Crippen LogP contribution in [0.25, 0.3) is 0 Å². The average Bonchev–Trinajstić information content (AvgIpc) is 2.46. The topological polar surface area (TPSA) is 41.1 Å². The van der Waals surface area contributed by atoms with Crippen molar-refractivity contribution >= 4 is 50.9 Å². The third-order valence-corrected chi connectivity index (χ3v) is 4.35. The second-order valence-corrected chi connectivity index (χ2v) is 6.57. The molecule has 0 bridgehead atoms. The zero-order valence-corrected chi connectivity index (χ0v) is 15.0. The molecule has 0 saturated carbocycles. The summed E-state index contributed by atoms with van der Waals surface area (Å²) >= 11 is 15.2. The van der Waals surface area contributed by atoms with Crippen molar-refractivity contribution in [3.05, 3.63) is 62.0 Å². The molecule has 0 aliphatic carbocycles. The van der Waals surface area contributed by atoms with Crippen LogP contribution in [0.1, 0.15) is 11.1 Å². The molecule has 0 spiro atoms. The van der Waals surface area contributed by atoms with Gasteiger partial charge in [0.1, 0.15) is 0 Å². The van der Waals surface area contributed by atoms with Crippen molar-refractivity contribution in [1.82, 2.24) is 5.32 Å². The molecule has 116 valence electrons. The van der Waals surface area contributed by atoms with Gasteiger partial charge in [-0.05, 0) is 54.8 Å². The van der Waals surface area contributed by atoms with Crippen LogP contribution in [0, 0.1) is 6.92 Å². The van der Waals surface area contributed by atoms with Crippen molar-refractivity contribution in [3.63, 3.8) is 0 Å². The van der Waals surface area contributed by atoms with Gasteiger partial charge in [0.15, 0.2) is 0 Å². The molecule has 2 amide bonds. The van der Waals surface area contributed by atoms with Crippen LogP contribution >= 0.6 is 39.1 Å². The molecule has 0 atom stereocenters. The molecule has 0 radical (unpaired) electrons. The predicted molar refractivity (Wildman–Crippen MR) is 96.1 cm³/mol. The van der Waals surface area contributed by atoms with E-state index in [-0.39, 0.29) is 6.03 Å². The fourth-order valence-electron chi connectivity index (χ4n) is 1.95. The Bertz CT molecular complexity index is 692. The maximum Gasteiger partial charge on any atom is 0.319 e.